The van der Waals surface area contributed by atoms with Crippen molar-refractivity contribution in [2.75, 3.05) is 20.6 Å². The minimum absolute atomic E-state index is 0.0242. The normalized spacial score (nSPS) is 47.6. The van der Waals surface area contributed by atoms with Crippen molar-refractivity contribution in [1.82, 2.24) is 16.0 Å². The standard InChI is InChI=1S/C20H33N3O8/c1-10-7-19(26,9-23-8-11-5-4-6-28-11)20(27)18(29-10)30-17-15(25)12(21-2)14(24)13(22-3)16(17)31-20/h4-6,10,12-18,21-27H,7-9H2,1-3H3. The first-order chi connectivity index (χ1) is 14.7. The van der Waals surface area contributed by atoms with E-state index in [1.54, 1.807) is 39.4 Å². The molecule has 7 N–H and O–H groups in total. The van der Waals surface area contributed by atoms with Crippen LogP contribution in [0.1, 0.15) is 19.1 Å². The highest BCUT2D eigenvalue weighted by molar-refractivity contribution is 5.12. The Morgan fingerprint density at radius 3 is 2.45 bits per heavy atom. The summed E-state index contributed by atoms with van der Waals surface area (Å²) in [6.45, 7) is 2.09. The molecule has 1 aliphatic carbocycles. The maximum Gasteiger partial charge on any atom is 0.249 e. The molecule has 4 rings (SSSR count). The van der Waals surface area contributed by atoms with E-state index in [1.165, 1.54) is 0 Å². The highest BCUT2D eigenvalue weighted by Crippen LogP contribution is 2.46. The Morgan fingerprint density at radius 1 is 1.06 bits per heavy atom. The lowest BCUT2D eigenvalue weighted by atomic mass is 9.77. The largest absolute Gasteiger partial charge is 0.468 e. The maximum absolute atomic E-state index is 11.5. The van der Waals surface area contributed by atoms with Gasteiger partial charge < -0.3 is 55.0 Å². The van der Waals surface area contributed by atoms with E-state index < -0.39 is 60.3 Å². The van der Waals surface area contributed by atoms with E-state index in [9.17, 15) is 20.4 Å². The first-order valence-electron chi connectivity index (χ1n) is 10.6. The van der Waals surface area contributed by atoms with E-state index in [2.05, 4.69) is 16.0 Å². The second kappa shape index (κ2) is 8.67. The molecule has 1 aromatic rings. The number of fused-ring (bicyclic) bond motifs is 2. The quantitative estimate of drug-likeness (QED) is 0.252. The van der Waals surface area contributed by atoms with Gasteiger partial charge in [-0.25, -0.2) is 0 Å². The lowest BCUT2D eigenvalue weighted by Gasteiger charge is -2.60. The van der Waals surface area contributed by atoms with E-state index in [0.29, 0.717) is 12.3 Å². The molecule has 0 aromatic carbocycles. The summed E-state index contributed by atoms with van der Waals surface area (Å²) in [5, 5.41) is 53.5. The molecule has 0 radical (unpaired) electrons. The highest BCUT2D eigenvalue weighted by Gasteiger charge is 2.68. The topological polar surface area (TPSA) is 158 Å². The minimum Gasteiger partial charge on any atom is -0.468 e. The third-order valence-corrected chi connectivity index (χ3v) is 6.65. The Bertz CT molecular complexity index is 738. The van der Waals surface area contributed by atoms with Crippen LogP contribution in [0, 0.1) is 0 Å². The van der Waals surface area contributed by atoms with Crippen LogP contribution in [0.3, 0.4) is 0 Å². The summed E-state index contributed by atoms with van der Waals surface area (Å²) < 4.78 is 23.1. The van der Waals surface area contributed by atoms with Crippen LogP contribution in [0.2, 0.25) is 0 Å². The molecule has 3 heterocycles. The Morgan fingerprint density at radius 2 is 1.81 bits per heavy atom. The van der Waals surface area contributed by atoms with Crippen molar-refractivity contribution in [3.63, 3.8) is 0 Å². The summed E-state index contributed by atoms with van der Waals surface area (Å²) >= 11 is 0. The molecule has 1 aromatic heterocycles. The average molecular weight is 443 g/mol. The van der Waals surface area contributed by atoms with Gasteiger partial charge in [0.1, 0.15) is 29.7 Å². The number of hydrogen-bond acceptors (Lipinski definition) is 11. The molecule has 1 saturated carbocycles. The first kappa shape index (κ1) is 23.1. The molecule has 10 atom stereocenters. The maximum atomic E-state index is 11.5. The molecule has 2 aliphatic heterocycles. The number of ether oxygens (including phenoxy) is 3. The van der Waals surface area contributed by atoms with Gasteiger partial charge in [-0.2, -0.15) is 0 Å². The van der Waals surface area contributed by atoms with Crippen molar-refractivity contribution in [2.45, 2.75) is 80.2 Å². The van der Waals surface area contributed by atoms with Crippen molar-refractivity contribution in [3.8, 4) is 0 Å². The van der Waals surface area contributed by atoms with Gasteiger partial charge in [-0.3, -0.25) is 0 Å². The van der Waals surface area contributed by atoms with Gasteiger partial charge in [0.25, 0.3) is 0 Å². The summed E-state index contributed by atoms with van der Waals surface area (Å²) in [7, 11) is 3.28. The summed E-state index contributed by atoms with van der Waals surface area (Å²) in [5.41, 5.74) is -1.76. The number of furan rings is 1. The summed E-state index contributed by atoms with van der Waals surface area (Å²) in [5.74, 6) is -1.54. The van der Waals surface area contributed by atoms with Gasteiger partial charge in [-0.1, -0.05) is 0 Å². The number of aliphatic hydroxyl groups excluding tert-OH is 2. The zero-order valence-corrected chi connectivity index (χ0v) is 17.9. The van der Waals surface area contributed by atoms with Gasteiger partial charge >= 0.3 is 0 Å². The SMILES string of the molecule is CNC1C(O)C(NC)C2OC3(O)C(OC(C)CC3(O)CNCc3ccco3)OC2C1O. The van der Waals surface area contributed by atoms with Crippen LogP contribution >= 0.6 is 0 Å². The van der Waals surface area contributed by atoms with Crippen LogP contribution in [0.15, 0.2) is 22.8 Å². The lowest BCUT2D eigenvalue weighted by Crippen LogP contribution is -2.81. The average Bonchev–Trinajstić information content (AvgIpc) is 3.22. The summed E-state index contributed by atoms with van der Waals surface area (Å²) in [4.78, 5) is 0. The number of hydrogen-bond donors (Lipinski definition) is 7. The zero-order chi connectivity index (χ0) is 22.4. The molecular formula is C20H33N3O8. The van der Waals surface area contributed by atoms with Gasteiger partial charge in [0.05, 0.1) is 37.1 Å². The molecule has 11 nitrogen and oxygen atoms in total. The molecule has 0 amide bonds. The van der Waals surface area contributed by atoms with E-state index in [-0.39, 0.29) is 13.0 Å². The predicted molar refractivity (Wildman–Crippen MR) is 107 cm³/mol. The van der Waals surface area contributed by atoms with Gasteiger partial charge in [-0.15, -0.1) is 0 Å². The molecule has 10 unspecified atom stereocenters. The van der Waals surface area contributed by atoms with Crippen LogP contribution < -0.4 is 16.0 Å². The smallest absolute Gasteiger partial charge is 0.249 e. The molecule has 0 spiro atoms. The Kier molecular flexibility index (Phi) is 6.45. The number of rotatable bonds is 6. The van der Waals surface area contributed by atoms with Crippen molar-refractivity contribution in [1.29, 1.82) is 0 Å². The van der Waals surface area contributed by atoms with E-state index in [1.807, 2.05) is 0 Å². The second-order valence-electron chi connectivity index (χ2n) is 8.69. The number of likely N-dealkylation sites (N-methyl/N-ethyl adjacent to an activating group) is 2. The van der Waals surface area contributed by atoms with Crippen LogP contribution in [0.4, 0.5) is 0 Å². The van der Waals surface area contributed by atoms with Crippen molar-refractivity contribution < 1.29 is 39.1 Å². The van der Waals surface area contributed by atoms with E-state index in [4.69, 9.17) is 18.6 Å². The zero-order valence-electron chi connectivity index (χ0n) is 17.9. The number of aliphatic hydroxyl groups is 4. The van der Waals surface area contributed by atoms with Gasteiger partial charge in [0.2, 0.25) is 12.1 Å². The molecule has 31 heavy (non-hydrogen) atoms. The third kappa shape index (κ3) is 3.82. The monoisotopic (exact) mass is 443 g/mol. The van der Waals surface area contributed by atoms with Crippen molar-refractivity contribution in [3.05, 3.63) is 24.2 Å². The van der Waals surface area contributed by atoms with Crippen molar-refractivity contribution in [2.24, 2.45) is 0 Å². The van der Waals surface area contributed by atoms with Crippen LogP contribution in [-0.4, -0.2) is 101 Å². The highest BCUT2D eigenvalue weighted by atomic mass is 16.8. The van der Waals surface area contributed by atoms with Gasteiger partial charge in [-0.05, 0) is 33.2 Å². The van der Waals surface area contributed by atoms with Gasteiger partial charge in [0.15, 0.2) is 0 Å². The molecule has 11 heteroatoms. The van der Waals surface area contributed by atoms with Crippen LogP contribution in [0.25, 0.3) is 0 Å². The van der Waals surface area contributed by atoms with E-state index in [0.717, 1.165) is 0 Å². The summed E-state index contributed by atoms with van der Waals surface area (Å²) in [6.07, 6.45) is -4.10. The van der Waals surface area contributed by atoms with Gasteiger partial charge in [0, 0.05) is 13.0 Å². The Hall–Kier alpha value is -1.12. The Labute approximate surface area is 180 Å². The fourth-order valence-electron chi connectivity index (χ4n) is 5.03. The number of nitrogens with one attached hydrogen (secondary N) is 3. The first-order valence-corrected chi connectivity index (χ1v) is 10.6. The fraction of sp³-hybridized carbons (Fsp3) is 0.800. The van der Waals surface area contributed by atoms with Crippen molar-refractivity contribution >= 4 is 0 Å². The van der Waals surface area contributed by atoms with Crippen LogP contribution in [-0.2, 0) is 20.8 Å². The lowest BCUT2D eigenvalue weighted by molar-refractivity contribution is -0.482. The minimum atomic E-state index is -2.22. The molecule has 0 bridgehead atoms. The fourth-order valence-corrected chi connectivity index (χ4v) is 5.03. The second-order valence-corrected chi connectivity index (χ2v) is 8.69. The molecule has 2 saturated heterocycles. The summed E-state index contributed by atoms with van der Waals surface area (Å²) in [6, 6.07) is 2.21. The van der Waals surface area contributed by atoms with Crippen LogP contribution in [0.5, 0.6) is 0 Å². The molecule has 176 valence electrons. The molecular weight excluding hydrogens is 410 g/mol. The predicted octanol–water partition coefficient (Wildman–Crippen LogP) is -2.38. The third-order valence-electron chi connectivity index (χ3n) is 6.65. The van der Waals surface area contributed by atoms with E-state index >= 15 is 0 Å². The molecule has 3 fully saturated rings. The Balaban J connectivity index is 1.58. The molecule has 3 aliphatic rings.